The number of piperidine rings is 1. The summed E-state index contributed by atoms with van der Waals surface area (Å²) in [4.78, 5) is 23.6. The van der Waals surface area contributed by atoms with Gasteiger partial charge in [0, 0.05) is 44.6 Å². The van der Waals surface area contributed by atoms with Crippen LogP contribution in [-0.2, 0) is 18.9 Å². The quantitative estimate of drug-likeness (QED) is 0.303. The SMILES string of the molecule is Bc1cnc(N(Cc2cc(C(F)(F)F)cc(C(F)(F)F)c2)[C@H]2C[C@@H](CC)N(c3nc(N4CCC(O)CC4)ncc3Cl)C2)nc1. The number of hydrogen-bond acceptors (Lipinski definition) is 8. The second kappa shape index (κ2) is 12.6. The lowest BCUT2D eigenvalue weighted by atomic mass is 10.0. The van der Waals surface area contributed by atoms with Gasteiger partial charge in [-0.3, -0.25) is 0 Å². The van der Waals surface area contributed by atoms with Crippen LogP contribution in [0.15, 0.2) is 36.8 Å². The molecule has 2 aromatic heterocycles. The molecule has 0 unspecified atom stereocenters. The molecule has 44 heavy (non-hydrogen) atoms. The Morgan fingerprint density at radius 3 is 2.16 bits per heavy atom. The highest BCUT2D eigenvalue weighted by Gasteiger charge is 2.40. The molecule has 2 atom stereocenters. The first-order chi connectivity index (χ1) is 20.7. The Morgan fingerprint density at radius 1 is 0.977 bits per heavy atom. The predicted octanol–water partition coefficient (Wildman–Crippen LogP) is 4.24. The number of aromatic nitrogens is 4. The van der Waals surface area contributed by atoms with Gasteiger partial charge in [-0.25, -0.2) is 15.0 Å². The zero-order valence-corrected chi connectivity index (χ0v) is 24.8. The fourth-order valence-electron chi connectivity index (χ4n) is 5.74. The number of nitrogens with zero attached hydrogens (tertiary/aromatic N) is 7. The second-order valence-corrected chi connectivity index (χ2v) is 11.7. The van der Waals surface area contributed by atoms with Crippen LogP contribution in [0.25, 0.3) is 0 Å². The number of aliphatic hydroxyl groups excluding tert-OH is 1. The van der Waals surface area contributed by atoms with Crippen LogP contribution >= 0.6 is 11.6 Å². The highest BCUT2D eigenvalue weighted by Crippen LogP contribution is 2.39. The van der Waals surface area contributed by atoms with Crippen molar-refractivity contribution in [3.05, 3.63) is 58.5 Å². The number of halogens is 7. The Kier molecular flexibility index (Phi) is 9.17. The zero-order valence-electron chi connectivity index (χ0n) is 24.1. The molecule has 0 saturated carbocycles. The topological polar surface area (TPSA) is 81.5 Å². The van der Waals surface area contributed by atoms with Gasteiger partial charge in [-0.05, 0) is 49.4 Å². The van der Waals surface area contributed by atoms with E-state index in [0.717, 1.165) is 17.6 Å². The first-order valence-electron chi connectivity index (χ1n) is 14.3. The van der Waals surface area contributed by atoms with E-state index in [9.17, 15) is 31.4 Å². The van der Waals surface area contributed by atoms with Gasteiger partial charge in [0.05, 0.1) is 29.5 Å². The predicted molar refractivity (Wildman–Crippen MR) is 157 cm³/mol. The molecule has 0 amide bonds. The third-order valence-electron chi connectivity index (χ3n) is 8.06. The summed E-state index contributed by atoms with van der Waals surface area (Å²) >= 11 is 6.60. The monoisotopic (exact) mass is 641 g/mol. The number of alkyl halides is 6. The number of aliphatic hydroxyl groups is 1. The minimum absolute atomic E-state index is 0.0939. The minimum atomic E-state index is -4.97. The normalized spacial score (nSPS) is 19.9. The molecular weight excluding hydrogens is 611 g/mol. The molecule has 0 bridgehead atoms. The fraction of sp³-hybridized carbons (Fsp3) is 0.500. The lowest BCUT2D eigenvalue weighted by molar-refractivity contribution is -0.143. The molecule has 16 heteroatoms. The Labute approximate surface area is 256 Å². The molecule has 4 heterocycles. The molecule has 1 N–H and O–H groups in total. The van der Waals surface area contributed by atoms with Crippen molar-refractivity contribution in [2.75, 3.05) is 34.3 Å². The van der Waals surface area contributed by atoms with Gasteiger partial charge in [0.25, 0.3) is 0 Å². The lowest BCUT2D eigenvalue weighted by Gasteiger charge is -2.32. The van der Waals surface area contributed by atoms with Gasteiger partial charge in [-0.15, -0.1) is 0 Å². The average molecular weight is 642 g/mol. The number of anilines is 3. The maximum absolute atomic E-state index is 13.6. The Bertz CT molecular complexity index is 1420. The Hall–Kier alpha value is -3.33. The van der Waals surface area contributed by atoms with E-state index in [1.807, 2.05) is 16.7 Å². The molecule has 3 aromatic rings. The van der Waals surface area contributed by atoms with Crippen molar-refractivity contribution < 1.29 is 31.4 Å². The summed E-state index contributed by atoms with van der Waals surface area (Å²) in [6, 6.07) is 1.11. The van der Waals surface area contributed by atoms with Crippen molar-refractivity contribution in [1.29, 1.82) is 0 Å². The van der Waals surface area contributed by atoms with Crippen molar-refractivity contribution in [3.8, 4) is 0 Å². The molecule has 2 aliphatic rings. The van der Waals surface area contributed by atoms with Crippen molar-refractivity contribution in [2.24, 2.45) is 0 Å². The molecule has 2 fully saturated rings. The third kappa shape index (κ3) is 7.14. The number of hydrogen-bond donors (Lipinski definition) is 1. The first-order valence-corrected chi connectivity index (χ1v) is 14.7. The van der Waals surface area contributed by atoms with Gasteiger partial charge in [-0.1, -0.05) is 24.0 Å². The van der Waals surface area contributed by atoms with Crippen molar-refractivity contribution in [3.63, 3.8) is 0 Å². The molecule has 0 radical (unpaired) electrons. The van der Waals surface area contributed by atoms with Crippen LogP contribution in [-0.4, -0.2) is 70.7 Å². The molecule has 2 saturated heterocycles. The Balaban J connectivity index is 1.50. The zero-order chi connectivity index (χ0) is 31.8. The minimum Gasteiger partial charge on any atom is -0.393 e. The number of benzene rings is 1. The van der Waals surface area contributed by atoms with E-state index >= 15 is 0 Å². The summed E-state index contributed by atoms with van der Waals surface area (Å²) in [6.07, 6.45) is -3.33. The van der Waals surface area contributed by atoms with E-state index in [0.29, 0.717) is 62.1 Å². The molecule has 236 valence electrons. The van der Waals surface area contributed by atoms with Crippen LogP contribution in [0.1, 0.15) is 49.3 Å². The average Bonchev–Trinajstić information content (AvgIpc) is 3.40. The van der Waals surface area contributed by atoms with Crippen molar-refractivity contribution in [1.82, 2.24) is 19.9 Å². The Morgan fingerprint density at radius 2 is 1.59 bits per heavy atom. The summed E-state index contributed by atoms with van der Waals surface area (Å²) in [5.41, 5.74) is -2.18. The standard InChI is InChI=1S/C28H31BClF6N7O/c1-2-20-10-21(15-42(20)24-23(30)13-39-26(40-24)41-5-3-22(44)4-6-41)43(25-37-11-19(29)12-38-25)14-16-7-17(27(31,32)33)9-18(8-16)28(34,35)36/h7-9,11-13,20-22,44H,2-6,10,14-15,29H2,1H3/t20-,21+/m1/s1. The van der Waals surface area contributed by atoms with E-state index in [1.165, 1.54) is 6.20 Å². The van der Waals surface area contributed by atoms with Gasteiger partial charge in [0.15, 0.2) is 5.82 Å². The van der Waals surface area contributed by atoms with Crippen molar-refractivity contribution in [2.45, 2.75) is 69.7 Å². The summed E-state index contributed by atoms with van der Waals surface area (Å²) in [5, 5.41) is 10.2. The van der Waals surface area contributed by atoms with E-state index in [1.54, 1.807) is 25.1 Å². The lowest BCUT2D eigenvalue weighted by Crippen LogP contribution is -2.39. The van der Waals surface area contributed by atoms with Gasteiger partial charge in [0.1, 0.15) is 12.9 Å². The highest BCUT2D eigenvalue weighted by molar-refractivity contribution is 6.33. The van der Waals surface area contributed by atoms with Gasteiger partial charge in [0.2, 0.25) is 11.9 Å². The fourth-order valence-corrected chi connectivity index (χ4v) is 5.94. The van der Waals surface area contributed by atoms with E-state index in [4.69, 9.17) is 16.6 Å². The highest BCUT2D eigenvalue weighted by atomic mass is 35.5. The summed E-state index contributed by atoms with van der Waals surface area (Å²) < 4.78 is 81.9. The molecule has 8 nitrogen and oxygen atoms in total. The smallest absolute Gasteiger partial charge is 0.393 e. The number of rotatable bonds is 7. The van der Waals surface area contributed by atoms with Crippen molar-refractivity contribution >= 4 is 42.6 Å². The second-order valence-electron chi connectivity index (χ2n) is 11.3. The van der Waals surface area contributed by atoms with E-state index < -0.39 is 29.5 Å². The van der Waals surface area contributed by atoms with E-state index in [2.05, 4.69) is 15.0 Å². The summed E-state index contributed by atoms with van der Waals surface area (Å²) in [6.45, 7) is 3.17. The third-order valence-corrected chi connectivity index (χ3v) is 8.33. The van der Waals surface area contributed by atoms with Crippen LogP contribution in [0, 0.1) is 0 Å². The molecular formula is C28H31BClF6N7O. The van der Waals surface area contributed by atoms with E-state index in [-0.39, 0.29) is 36.3 Å². The van der Waals surface area contributed by atoms with Gasteiger partial charge >= 0.3 is 12.4 Å². The molecule has 2 aliphatic heterocycles. The molecule has 0 aliphatic carbocycles. The largest absolute Gasteiger partial charge is 0.416 e. The van der Waals surface area contributed by atoms with Gasteiger partial charge in [-0.2, -0.15) is 31.3 Å². The van der Waals surface area contributed by atoms with Crippen LogP contribution in [0.4, 0.5) is 44.1 Å². The first kappa shape index (κ1) is 32.1. The molecule has 0 spiro atoms. The van der Waals surface area contributed by atoms with Crippen LogP contribution < -0.4 is 20.2 Å². The molecule has 5 rings (SSSR count). The van der Waals surface area contributed by atoms with Crippen LogP contribution in [0.5, 0.6) is 0 Å². The van der Waals surface area contributed by atoms with Crippen LogP contribution in [0.3, 0.4) is 0 Å². The van der Waals surface area contributed by atoms with Crippen LogP contribution in [0.2, 0.25) is 5.02 Å². The maximum Gasteiger partial charge on any atom is 0.416 e. The van der Waals surface area contributed by atoms with Gasteiger partial charge < -0.3 is 19.8 Å². The summed E-state index contributed by atoms with van der Waals surface area (Å²) in [5.74, 6) is 1.14. The summed E-state index contributed by atoms with van der Waals surface area (Å²) in [7, 11) is 1.78. The molecule has 1 aromatic carbocycles. The maximum atomic E-state index is 13.6.